The van der Waals surface area contributed by atoms with E-state index >= 15 is 0 Å². The lowest BCUT2D eigenvalue weighted by Crippen LogP contribution is -2.36. The molecule has 2 aromatic heterocycles. The fraction of sp³-hybridized carbons (Fsp3) is 0.333. The number of benzene rings is 1. The fourth-order valence-corrected chi connectivity index (χ4v) is 3.76. The minimum Gasteiger partial charge on any atom is -0.378 e. The molecule has 150 valence electrons. The first-order valence-corrected chi connectivity index (χ1v) is 9.72. The van der Waals surface area contributed by atoms with Gasteiger partial charge in [0.1, 0.15) is 11.6 Å². The maximum absolute atomic E-state index is 14.7. The predicted molar refractivity (Wildman–Crippen MR) is 105 cm³/mol. The molecule has 2 fully saturated rings. The molecule has 1 aliphatic heterocycles. The van der Waals surface area contributed by atoms with Gasteiger partial charge in [-0.3, -0.25) is 4.79 Å². The summed E-state index contributed by atoms with van der Waals surface area (Å²) >= 11 is 0. The van der Waals surface area contributed by atoms with Gasteiger partial charge in [0.2, 0.25) is 0 Å². The number of hydrogen-bond donors (Lipinski definition) is 1. The molecule has 2 aliphatic rings. The number of anilines is 2. The lowest BCUT2D eigenvalue weighted by atomic mass is 10.1. The first-order valence-electron chi connectivity index (χ1n) is 9.72. The number of hydrogen-bond acceptors (Lipinski definition) is 4. The van der Waals surface area contributed by atoms with Crippen LogP contribution in [0.25, 0.3) is 5.52 Å². The molecule has 1 saturated heterocycles. The van der Waals surface area contributed by atoms with Crippen LogP contribution >= 0.6 is 0 Å². The Morgan fingerprint density at radius 2 is 1.93 bits per heavy atom. The SMILES string of the molecule is O=C(Nc1cc(F)c(N2CCOCC2)cc1F)c1c(C2CC2)nn2ccccc12. The highest BCUT2D eigenvalue weighted by atomic mass is 19.1. The lowest BCUT2D eigenvalue weighted by Gasteiger charge is -2.29. The summed E-state index contributed by atoms with van der Waals surface area (Å²) in [5, 5.41) is 7.07. The normalized spacial score (nSPS) is 17.0. The number of nitrogens with one attached hydrogen (secondary N) is 1. The van der Waals surface area contributed by atoms with E-state index in [1.54, 1.807) is 21.7 Å². The van der Waals surface area contributed by atoms with Gasteiger partial charge in [0, 0.05) is 37.3 Å². The van der Waals surface area contributed by atoms with Crippen molar-refractivity contribution in [1.29, 1.82) is 0 Å². The summed E-state index contributed by atoms with van der Waals surface area (Å²) < 4.78 is 36.3. The summed E-state index contributed by atoms with van der Waals surface area (Å²) in [6.45, 7) is 1.93. The van der Waals surface area contributed by atoms with Crippen molar-refractivity contribution < 1.29 is 18.3 Å². The zero-order valence-electron chi connectivity index (χ0n) is 15.7. The number of carbonyl (C=O) groups excluding carboxylic acids is 1. The Morgan fingerprint density at radius 1 is 1.14 bits per heavy atom. The summed E-state index contributed by atoms with van der Waals surface area (Å²) in [6, 6.07) is 7.63. The third-order valence-electron chi connectivity index (χ3n) is 5.39. The molecule has 3 aromatic rings. The van der Waals surface area contributed by atoms with Gasteiger partial charge in [0.15, 0.2) is 0 Å². The molecule has 29 heavy (non-hydrogen) atoms. The summed E-state index contributed by atoms with van der Waals surface area (Å²) in [4.78, 5) is 14.8. The fourth-order valence-electron chi connectivity index (χ4n) is 3.76. The summed E-state index contributed by atoms with van der Waals surface area (Å²) in [5.74, 6) is -1.50. The van der Waals surface area contributed by atoms with Crippen molar-refractivity contribution in [3.05, 3.63) is 59.4 Å². The van der Waals surface area contributed by atoms with E-state index < -0.39 is 17.5 Å². The molecule has 0 bridgehead atoms. The van der Waals surface area contributed by atoms with Crippen LogP contribution in [0.2, 0.25) is 0 Å². The zero-order valence-corrected chi connectivity index (χ0v) is 15.7. The zero-order chi connectivity index (χ0) is 20.0. The van der Waals surface area contributed by atoms with Gasteiger partial charge >= 0.3 is 0 Å². The molecule has 1 saturated carbocycles. The molecule has 1 aromatic carbocycles. The van der Waals surface area contributed by atoms with Crippen LogP contribution in [0.1, 0.15) is 34.8 Å². The maximum Gasteiger partial charge on any atom is 0.259 e. The van der Waals surface area contributed by atoms with Gasteiger partial charge in [-0.2, -0.15) is 5.10 Å². The van der Waals surface area contributed by atoms with Crippen molar-refractivity contribution in [3.63, 3.8) is 0 Å². The quantitative estimate of drug-likeness (QED) is 0.730. The van der Waals surface area contributed by atoms with E-state index in [-0.39, 0.29) is 17.3 Å². The maximum atomic E-state index is 14.7. The highest BCUT2D eigenvalue weighted by Gasteiger charge is 2.33. The molecule has 0 spiro atoms. The highest BCUT2D eigenvalue weighted by molar-refractivity contribution is 6.10. The third kappa shape index (κ3) is 3.33. The Hall–Kier alpha value is -3.00. The van der Waals surface area contributed by atoms with Gasteiger partial charge in [-0.15, -0.1) is 0 Å². The second-order valence-corrected chi connectivity index (χ2v) is 7.40. The van der Waals surface area contributed by atoms with E-state index in [2.05, 4.69) is 10.4 Å². The molecule has 1 N–H and O–H groups in total. The van der Waals surface area contributed by atoms with Crippen molar-refractivity contribution in [1.82, 2.24) is 9.61 Å². The number of fused-ring (bicyclic) bond motifs is 1. The van der Waals surface area contributed by atoms with Crippen molar-refractivity contribution in [2.45, 2.75) is 18.8 Å². The first kappa shape index (κ1) is 18.1. The number of nitrogens with zero attached hydrogens (tertiary/aromatic N) is 3. The smallest absolute Gasteiger partial charge is 0.259 e. The van der Waals surface area contributed by atoms with Crippen molar-refractivity contribution in [2.75, 3.05) is 36.5 Å². The van der Waals surface area contributed by atoms with Crippen molar-refractivity contribution in [2.24, 2.45) is 0 Å². The van der Waals surface area contributed by atoms with Crippen LogP contribution in [0.15, 0.2) is 36.5 Å². The van der Waals surface area contributed by atoms with Crippen LogP contribution in [0.3, 0.4) is 0 Å². The van der Waals surface area contributed by atoms with Crippen molar-refractivity contribution >= 4 is 22.8 Å². The molecule has 5 rings (SSSR count). The molecular weight excluding hydrogens is 378 g/mol. The number of carbonyl (C=O) groups is 1. The summed E-state index contributed by atoms with van der Waals surface area (Å²) in [7, 11) is 0. The number of halogens is 2. The number of ether oxygens (including phenoxy) is 1. The number of aromatic nitrogens is 2. The van der Waals surface area contributed by atoms with E-state index in [0.717, 1.165) is 25.0 Å². The van der Waals surface area contributed by atoms with Gasteiger partial charge in [0.05, 0.1) is 41.4 Å². The Morgan fingerprint density at radius 3 is 2.69 bits per heavy atom. The number of pyridine rings is 1. The molecule has 1 amide bonds. The van der Waals surface area contributed by atoms with Gasteiger partial charge in [0.25, 0.3) is 5.91 Å². The topological polar surface area (TPSA) is 58.9 Å². The van der Waals surface area contributed by atoms with Crippen LogP contribution in [-0.4, -0.2) is 41.8 Å². The second-order valence-electron chi connectivity index (χ2n) is 7.40. The Balaban J connectivity index is 1.46. The monoisotopic (exact) mass is 398 g/mol. The number of rotatable bonds is 4. The molecule has 0 atom stereocenters. The van der Waals surface area contributed by atoms with Gasteiger partial charge in [-0.25, -0.2) is 13.3 Å². The predicted octanol–water partition coefficient (Wildman–Crippen LogP) is 3.58. The molecule has 6 nitrogen and oxygen atoms in total. The Labute approximate surface area is 166 Å². The van der Waals surface area contributed by atoms with Crippen LogP contribution in [-0.2, 0) is 4.74 Å². The summed E-state index contributed by atoms with van der Waals surface area (Å²) in [6.07, 6.45) is 3.72. The van der Waals surface area contributed by atoms with Crippen LogP contribution in [0.5, 0.6) is 0 Å². The Kier molecular flexibility index (Phi) is 4.43. The van der Waals surface area contributed by atoms with E-state index in [0.29, 0.717) is 43.1 Å². The third-order valence-corrected chi connectivity index (χ3v) is 5.39. The van der Waals surface area contributed by atoms with Crippen LogP contribution in [0.4, 0.5) is 20.2 Å². The summed E-state index contributed by atoms with van der Waals surface area (Å²) in [5.41, 5.74) is 1.78. The van der Waals surface area contributed by atoms with Crippen LogP contribution < -0.4 is 10.2 Å². The second kappa shape index (κ2) is 7.11. The number of morpholine rings is 1. The number of amides is 1. The van der Waals surface area contributed by atoms with E-state index in [9.17, 15) is 13.6 Å². The van der Waals surface area contributed by atoms with E-state index in [1.165, 1.54) is 0 Å². The lowest BCUT2D eigenvalue weighted by molar-refractivity contribution is 0.102. The largest absolute Gasteiger partial charge is 0.378 e. The molecule has 0 radical (unpaired) electrons. The van der Waals surface area contributed by atoms with Gasteiger partial charge in [-0.05, 0) is 25.0 Å². The average Bonchev–Trinajstić information content (AvgIpc) is 3.51. The minimum atomic E-state index is -0.675. The highest BCUT2D eigenvalue weighted by Crippen LogP contribution is 2.42. The minimum absolute atomic E-state index is 0.179. The molecular formula is C21H20F2N4O2. The van der Waals surface area contributed by atoms with Crippen LogP contribution in [0, 0.1) is 11.6 Å². The van der Waals surface area contributed by atoms with Gasteiger partial charge < -0.3 is 15.0 Å². The van der Waals surface area contributed by atoms with Gasteiger partial charge in [-0.1, -0.05) is 6.07 Å². The van der Waals surface area contributed by atoms with E-state index in [1.807, 2.05) is 12.1 Å². The van der Waals surface area contributed by atoms with E-state index in [4.69, 9.17) is 4.74 Å². The molecule has 1 aliphatic carbocycles. The average molecular weight is 398 g/mol. The molecule has 0 unspecified atom stereocenters. The molecule has 3 heterocycles. The Bertz CT molecular complexity index is 1090. The first-order chi connectivity index (χ1) is 14.1. The van der Waals surface area contributed by atoms with Crippen molar-refractivity contribution in [3.8, 4) is 0 Å². The standard InChI is InChI=1S/C21H20F2N4O2/c22-14-12-18(26-7-9-29-10-8-26)15(23)11-16(14)24-21(28)19-17-3-1-2-6-27(17)25-20(19)13-4-5-13/h1-3,6,11-13H,4-5,7-10H2,(H,24,28). The molecule has 8 heteroatoms.